The maximum atomic E-state index is 10.4. The number of carbonyl (C=O) groups is 1. The smallest absolute Gasteiger partial charge is 0.328 e. The van der Waals surface area contributed by atoms with Crippen molar-refractivity contribution in [2.24, 2.45) is 5.41 Å². The Bertz CT molecular complexity index is 190. The largest absolute Gasteiger partial charge is 0.478 e. The Kier molecular flexibility index (Phi) is 4.01. The van der Waals surface area contributed by atoms with Gasteiger partial charge in [0.2, 0.25) is 0 Å². The second kappa shape index (κ2) is 4.29. The first kappa shape index (κ1) is 11.2. The maximum absolute atomic E-state index is 10.4. The molecule has 0 amide bonds. The van der Waals surface area contributed by atoms with E-state index in [9.17, 15) is 4.79 Å². The van der Waals surface area contributed by atoms with Crippen LogP contribution >= 0.6 is 0 Å². The molecule has 0 heterocycles. The van der Waals surface area contributed by atoms with Crippen molar-refractivity contribution in [2.75, 3.05) is 0 Å². The second-order valence-electron chi connectivity index (χ2n) is 3.80. The molecule has 0 aliphatic heterocycles. The van der Waals surface area contributed by atoms with E-state index < -0.39 is 5.97 Å². The Labute approximate surface area is 74.3 Å². The molecule has 0 saturated heterocycles. The van der Waals surface area contributed by atoms with Crippen LogP contribution in [0.1, 0.15) is 40.5 Å². The topological polar surface area (TPSA) is 37.3 Å². The van der Waals surface area contributed by atoms with Gasteiger partial charge < -0.3 is 5.11 Å². The van der Waals surface area contributed by atoms with E-state index in [4.69, 9.17) is 5.11 Å². The zero-order valence-electron chi connectivity index (χ0n) is 8.35. The Morgan fingerprint density at radius 2 is 2.00 bits per heavy atom. The highest BCUT2D eigenvalue weighted by atomic mass is 16.4. The molecule has 0 bridgehead atoms. The van der Waals surface area contributed by atoms with E-state index in [2.05, 4.69) is 20.8 Å². The van der Waals surface area contributed by atoms with Crippen molar-refractivity contribution in [2.45, 2.75) is 40.5 Å². The van der Waals surface area contributed by atoms with Crippen molar-refractivity contribution in [3.8, 4) is 0 Å². The van der Waals surface area contributed by atoms with Gasteiger partial charge in [0, 0.05) is 6.08 Å². The molecule has 0 saturated carbocycles. The van der Waals surface area contributed by atoms with Crippen LogP contribution in [0.5, 0.6) is 0 Å². The van der Waals surface area contributed by atoms with Crippen LogP contribution in [0, 0.1) is 5.41 Å². The van der Waals surface area contributed by atoms with Crippen LogP contribution in [0.15, 0.2) is 11.6 Å². The number of carboxylic acid groups (broad SMARTS) is 1. The Balaban J connectivity index is 4.43. The molecule has 0 aliphatic rings. The van der Waals surface area contributed by atoms with E-state index >= 15 is 0 Å². The van der Waals surface area contributed by atoms with Gasteiger partial charge >= 0.3 is 5.97 Å². The molecule has 0 aromatic rings. The van der Waals surface area contributed by atoms with Crippen molar-refractivity contribution >= 4 is 5.97 Å². The second-order valence-corrected chi connectivity index (χ2v) is 3.80. The van der Waals surface area contributed by atoms with E-state index in [1.165, 1.54) is 6.08 Å². The lowest BCUT2D eigenvalue weighted by Crippen LogP contribution is -2.13. The first-order valence-electron chi connectivity index (χ1n) is 4.32. The van der Waals surface area contributed by atoms with Gasteiger partial charge in [-0.3, -0.25) is 0 Å². The Morgan fingerprint density at radius 1 is 1.50 bits per heavy atom. The van der Waals surface area contributed by atoms with Crippen molar-refractivity contribution in [3.05, 3.63) is 11.6 Å². The van der Waals surface area contributed by atoms with Gasteiger partial charge in [0.25, 0.3) is 0 Å². The maximum Gasteiger partial charge on any atom is 0.328 e. The lowest BCUT2D eigenvalue weighted by Gasteiger charge is -2.24. The quantitative estimate of drug-likeness (QED) is 0.659. The molecule has 70 valence electrons. The van der Waals surface area contributed by atoms with E-state index in [-0.39, 0.29) is 5.41 Å². The van der Waals surface area contributed by atoms with Crippen LogP contribution < -0.4 is 0 Å². The summed E-state index contributed by atoms with van der Waals surface area (Å²) in [6.07, 6.45) is 3.41. The van der Waals surface area contributed by atoms with Crippen molar-refractivity contribution in [1.29, 1.82) is 0 Å². The molecule has 0 atom stereocenters. The first-order chi connectivity index (χ1) is 5.40. The highest BCUT2D eigenvalue weighted by molar-refractivity contribution is 5.80. The van der Waals surface area contributed by atoms with Gasteiger partial charge in [-0.1, -0.05) is 32.8 Å². The molecule has 0 rings (SSSR count). The Morgan fingerprint density at radius 3 is 2.33 bits per heavy atom. The molecule has 12 heavy (non-hydrogen) atoms. The predicted octanol–water partition coefficient (Wildman–Crippen LogP) is 2.84. The number of aliphatic carboxylic acids is 1. The number of allylic oxidation sites excluding steroid dienone is 1. The number of carboxylic acids is 1. The lowest BCUT2D eigenvalue weighted by atomic mass is 9.81. The summed E-state index contributed by atoms with van der Waals surface area (Å²) in [7, 11) is 0. The molecular weight excluding hydrogens is 152 g/mol. The van der Waals surface area contributed by atoms with Gasteiger partial charge in [-0.25, -0.2) is 4.79 Å². The van der Waals surface area contributed by atoms with Crippen LogP contribution in [0.2, 0.25) is 0 Å². The molecule has 1 N–H and O–H groups in total. The van der Waals surface area contributed by atoms with Crippen LogP contribution in [-0.2, 0) is 4.79 Å². The number of hydrogen-bond donors (Lipinski definition) is 1. The standard InChI is InChI=1S/C10H18O2/c1-5-6-10(3,4)8(2)7-9(11)12/h7H,5-6H2,1-4H3,(H,11,12)/b8-7+. The lowest BCUT2D eigenvalue weighted by molar-refractivity contribution is -0.131. The third-order valence-electron chi connectivity index (χ3n) is 2.28. The number of rotatable bonds is 4. The van der Waals surface area contributed by atoms with Crippen molar-refractivity contribution in [3.63, 3.8) is 0 Å². The summed E-state index contributed by atoms with van der Waals surface area (Å²) >= 11 is 0. The van der Waals surface area contributed by atoms with Gasteiger partial charge in [0.1, 0.15) is 0 Å². The summed E-state index contributed by atoms with van der Waals surface area (Å²) in [5, 5.41) is 8.54. The average molecular weight is 170 g/mol. The first-order valence-corrected chi connectivity index (χ1v) is 4.32. The van der Waals surface area contributed by atoms with Gasteiger partial charge in [0.05, 0.1) is 0 Å². The molecule has 0 aliphatic carbocycles. The van der Waals surface area contributed by atoms with Gasteiger partial charge in [-0.2, -0.15) is 0 Å². The van der Waals surface area contributed by atoms with Crippen LogP contribution in [0.3, 0.4) is 0 Å². The molecule has 0 unspecified atom stereocenters. The summed E-state index contributed by atoms with van der Waals surface area (Å²) in [5.74, 6) is -0.850. The molecule has 2 heteroatoms. The minimum absolute atomic E-state index is 0.0210. The summed E-state index contributed by atoms with van der Waals surface area (Å²) in [6.45, 7) is 8.14. The zero-order chi connectivity index (χ0) is 9.78. The van der Waals surface area contributed by atoms with Crippen LogP contribution in [0.25, 0.3) is 0 Å². The highest BCUT2D eigenvalue weighted by Crippen LogP contribution is 2.30. The van der Waals surface area contributed by atoms with E-state index in [0.29, 0.717) is 0 Å². The normalized spacial score (nSPS) is 13.2. The molecule has 0 aromatic carbocycles. The fourth-order valence-electron chi connectivity index (χ4n) is 1.20. The van der Waals surface area contributed by atoms with E-state index in [0.717, 1.165) is 18.4 Å². The summed E-state index contributed by atoms with van der Waals surface area (Å²) in [6, 6.07) is 0. The minimum Gasteiger partial charge on any atom is -0.478 e. The molecule has 0 spiro atoms. The third-order valence-corrected chi connectivity index (χ3v) is 2.28. The minimum atomic E-state index is -0.850. The van der Waals surface area contributed by atoms with Crippen molar-refractivity contribution in [1.82, 2.24) is 0 Å². The average Bonchev–Trinajstić information content (AvgIpc) is 1.85. The Hall–Kier alpha value is -0.790. The summed E-state index contributed by atoms with van der Waals surface area (Å²) < 4.78 is 0. The number of hydrogen-bond acceptors (Lipinski definition) is 1. The molecule has 0 radical (unpaired) electrons. The molecule has 0 fully saturated rings. The SMILES string of the molecule is CCCC(C)(C)/C(C)=C/C(=O)O. The van der Waals surface area contributed by atoms with Gasteiger partial charge in [-0.15, -0.1) is 0 Å². The monoisotopic (exact) mass is 170 g/mol. The predicted molar refractivity (Wildman–Crippen MR) is 50.1 cm³/mol. The van der Waals surface area contributed by atoms with E-state index in [1.54, 1.807) is 0 Å². The summed E-state index contributed by atoms with van der Waals surface area (Å²) in [5.41, 5.74) is 0.963. The fraction of sp³-hybridized carbons (Fsp3) is 0.700. The van der Waals surface area contributed by atoms with Gasteiger partial charge in [0.15, 0.2) is 0 Å². The molecular formula is C10H18O2. The van der Waals surface area contributed by atoms with Crippen LogP contribution in [-0.4, -0.2) is 11.1 Å². The van der Waals surface area contributed by atoms with Crippen molar-refractivity contribution < 1.29 is 9.90 Å². The summed E-state index contributed by atoms with van der Waals surface area (Å²) in [4.78, 5) is 10.4. The molecule has 2 nitrogen and oxygen atoms in total. The zero-order valence-corrected chi connectivity index (χ0v) is 8.35. The molecule has 0 aromatic heterocycles. The van der Waals surface area contributed by atoms with Gasteiger partial charge in [-0.05, 0) is 18.8 Å². The fourth-order valence-corrected chi connectivity index (χ4v) is 1.20. The third kappa shape index (κ3) is 3.56. The van der Waals surface area contributed by atoms with Crippen LogP contribution in [0.4, 0.5) is 0 Å². The van der Waals surface area contributed by atoms with E-state index in [1.807, 2.05) is 6.92 Å². The highest BCUT2D eigenvalue weighted by Gasteiger charge is 2.19.